The van der Waals surface area contributed by atoms with Gasteiger partial charge >= 0.3 is 0 Å². The summed E-state index contributed by atoms with van der Waals surface area (Å²) in [4.78, 5) is 24.8. The Kier molecular flexibility index (Phi) is 5.82. The molecule has 32 heavy (non-hydrogen) atoms. The van der Waals surface area contributed by atoms with Crippen LogP contribution in [0.25, 0.3) is 0 Å². The van der Waals surface area contributed by atoms with Crippen LogP contribution >= 0.6 is 0 Å². The molecular formula is C23H33NO7S. The molecule has 8 nitrogen and oxygen atoms in total. The number of hydrogen-bond donors (Lipinski definition) is 3. The standard InChI is InChI=1S/C23H33NO7S/c1-22-7-6-15(26)9-14(22)4-5-16-17-8-13(11-24(29)32(3,30)31)20(19(28)12-25)23(17,2)10-18(27)21(16)22/h6-7,9,13,16-18,20-21,25,27,29H,4-5,8,10-12H2,1-3H3/t13-,16-,17-,18-,20+,21+,22-,23-/m0/s1. The number of aliphatic hydroxyl groups is 2. The van der Waals surface area contributed by atoms with Gasteiger partial charge in [0.25, 0.3) is 0 Å². The smallest absolute Gasteiger partial charge is 0.232 e. The highest BCUT2D eigenvalue weighted by molar-refractivity contribution is 7.88. The van der Waals surface area contributed by atoms with Crippen molar-refractivity contribution in [3.05, 3.63) is 23.8 Å². The zero-order valence-electron chi connectivity index (χ0n) is 18.8. The summed E-state index contributed by atoms with van der Waals surface area (Å²) in [5.74, 6) is -1.54. The molecule has 0 amide bonds. The molecule has 0 bridgehead atoms. The van der Waals surface area contributed by atoms with Crippen LogP contribution in [0.15, 0.2) is 23.8 Å². The maximum Gasteiger partial charge on any atom is 0.232 e. The lowest BCUT2D eigenvalue weighted by atomic mass is 9.46. The van der Waals surface area contributed by atoms with E-state index in [2.05, 4.69) is 6.92 Å². The first kappa shape index (κ1) is 23.8. The van der Waals surface area contributed by atoms with Crippen LogP contribution in [0.3, 0.4) is 0 Å². The lowest BCUT2D eigenvalue weighted by molar-refractivity contribution is -0.143. The van der Waals surface area contributed by atoms with Crippen LogP contribution in [0, 0.1) is 40.4 Å². The van der Waals surface area contributed by atoms with Crippen LogP contribution in [-0.2, 0) is 19.6 Å². The van der Waals surface area contributed by atoms with Gasteiger partial charge in [-0.3, -0.25) is 14.8 Å². The maximum atomic E-state index is 12.9. The molecule has 3 fully saturated rings. The van der Waals surface area contributed by atoms with E-state index in [1.54, 1.807) is 12.2 Å². The van der Waals surface area contributed by atoms with Crippen LogP contribution in [0.5, 0.6) is 0 Å². The Bertz CT molecular complexity index is 988. The Morgan fingerprint density at radius 2 is 2.00 bits per heavy atom. The molecule has 3 N–H and O–H groups in total. The summed E-state index contributed by atoms with van der Waals surface area (Å²) in [7, 11) is -3.85. The molecule has 0 spiro atoms. The van der Waals surface area contributed by atoms with Crippen molar-refractivity contribution in [3.63, 3.8) is 0 Å². The lowest BCUT2D eigenvalue weighted by Gasteiger charge is -2.58. The molecule has 0 aromatic heterocycles. The number of allylic oxidation sites excluding steroid dienone is 4. The topological polar surface area (TPSA) is 132 Å². The molecule has 0 aromatic carbocycles. The van der Waals surface area contributed by atoms with Crippen LogP contribution in [0.1, 0.15) is 39.5 Å². The van der Waals surface area contributed by atoms with E-state index in [4.69, 9.17) is 0 Å². The first-order valence-electron chi connectivity index (χ1n) is 11.3. The van der Waals surface area contributed by atoms with Crippen LogP contribution in [-0.4, -0.2) is 65.4 Å². The summed E-state index contributed by atoms with van der Waals surface area (Å²) in [5.41, 5.74) is -0.0260. The van der Waals surface area contributed by atoms with Gasteiger partial charge in [-0.2, -0.15) is 0 Å². The minimum atomic E-state index is -3.85. The van der Waals surface area contributed by atoms with Gasteiger partial charge in [0.15, 0.2) is 11.6 Å². The molecule has 8 atom stereocenters. The number of aliphatic hydroxyl groups excluding tert-OH is 2. The quantitative estimate of drug-likeness (QED) is 0.520. The largest absolute Gasteiger partial charge is 0.393 e. The zero-order chi connectivity index (χ0) is 23.6. The molecular weight excluding hydrogens is 434 g/mol. The summed E-state index contributed by atoms with van der Waals surface area (Å²) in [6, 6.07) is 0. The number of Topliss-reactive ketones (excluding diaryl/α,β-unsaturated/α-hetero) is 1. The number of carbonyl (C=O) groups is 2. The Morgan fingerprint density at radius 3 is 2.62 bits per heavy atom. The van der Waals surface area contributed by atoms with Crippen molar-refractivity contribution in [1.29, 1.82) is 0 Å². The zero-order valence-corrected chi connectivity index (χ0v) is 19.6. The second-order valence-corrected chi connectivity index (χ2v) is 12.6. The Hall–Kier alpha value is -1.39. The average molecular weight is 468 g/mol. The van der Waals surface area contributed by atoms with Crippen LogP contribution in [0.2, 0.25) is 0 Å². The molecule has 0 saturated heterocycles. The lowest BCUT2D eigenvalue weighted by Crippen LogP contribution is -2.56. The highest BCUT2D eigenvalue weighted by Crippen LogP contribution is 2.67. The molecule has 0 aromatic rings. The van der Waals surface area contributed by atoms with Gasteiger partial charge in [0, 0.05) is 23.8 Å². The van der Waals surface area contributed by atoms with Crippen molar-refractivity contribution in [2.75, 3.05) is 19.4 Å². The van der Waals surface area contributed by atoms with Gasteiger partial charge in [0.1, 0.15) is 6.61 Å². The van der Waals surface area contributed by atoms with Crippen LogP contribution in [0.4, 0.5) is 0 Å². The van der Waals surface area contributed by atoms with E-state index in [1.807, 2.05) is 13.0 Å². The SMILES string of the molecule is C[C@]12C[C@H](O)[C@H]3[C@@H](CCC4=CC(=O)C=C[C@@]43C)[C@@H]1C[C@@H](CN(O)S(C)(=O)=O)[C@@H]2C(=O)CO. The van der Waals surface area contributed by atoms with Gasteiger partial charge in [-0.25, -0.2) is 8.42 Å². The number of sulfonamides is 1. The fraction of sp³-hybridized carbons (Fsp3) is 0.739. The summed E-state index contributed by atoms with van der Waals surface area (Å²) in [6.07, 6.45) is 7.74. The molecule has 4 rings (SSSR count). The Morgan fingerprint density at radius 1 is 1.31 bits per heavy atom. The van der Waals surface area contributed by atoms with Gasteiger partial charge in [-0.05, 0) is 61.0 Å². The summed E-state index contributed by atoms with van der Waals surface area (Å²) < 4.78 is 23.9. The average Bonchev–Trinajstić information content (AvgIpc) is 2.98. The van der Waals surface area contributed by atoms with E-state index in [9.17, 15) is 33.4 Å². The van der Waals surface area contributed by atoms with Crippen molar-refractivity contribution >= 4 is 21.6 Å². The predicted molar refractivity (Wildman–Crippen MR) is 116 cm³/mol. The first-order chi connectivity index (χ1) is 14.8. The molecule has 3 saturated carbocycles. The highest BCUT2D eigenvalue weighted by Gasteiger charge is 2.65. The maximum absolute atomic E-state index is 12.9. The number of fused-ring (bicyclic) bond motifs is 5. The Labute approximate surface area is 189 Å². The fourth-order valence-electron chi connectivity index (χ4n) is 7.75. The monoisotopic (exact) mass is 467 g/mol. The second kappa shape index (κ2) is 7.84. The van der Waals surface area contributed by atoms with Crippen LogP contribution < -0.4 is 0 Å². The number of ketones is 2. The molecule has 0 aliphatic heterocycles. The second-order valence-electron chi connectivity index (χ2n) is 10.7. The molecule has 4 aliphatic carbocycles. The van der Waals surface area contributed by atoms with Gasteiger partial charge < -0.3 is 10.2 Å². The number of rotatable bonds is 5. The van der Waals surface area contributed by atoms with E-state index < -0.39 is 45.4 Å². The van der Waals surface area contributed by atoms with Gasteiger partial charge in [0.05, 0.1) is 12.4 Å². The van der Waals surface area contributed by atoms with Crippen molar-refractivity contribution in [3.8, 4) is 0 Å². The third kappa shape index (κ3) is 3.53. The fourth-order valence-corrected chi connectivity index (χ4v) is 8.21. The molecule has 0 unspecified atom stereocenters. The minimum absolute atomic E-state index is 0.0266. The van der Waals surface area contributed by atoms with E-state index >= 15 is 0 Å². The molecule has 178 valence electrons. The normalized spacial score (nSPS) is 43.5. The van der Waals surface area contributed by atoms with Crippen molar-refractivity contribution < 1.29 is 33.4 Å². The first-order valence-corrected chi connectivity index (χ1v) is 13.1. The number of hydrogen-bond acceptors (Lipinski definition) is 7. The number of carbonyl (C=O) groups excluding carboxylic acids is 2. The van der Waals surface area contributed by atoms with Crippen molar-refractivity contribution in [2.45, 2.75) is 45.6 Å². The Balaban J connectivity index is 1.72. The molecule has 0 radical (unpaired) electrons. The van der Waals surface area contributed by atoms with Gasteiger partial charge in [0.2, 0.25) is 10.0 Å². The number of nitrogens with zero attached hydrogens (tertiary/aromatic N) is 1. The predicted octanol–water partition coefficient (Wildman–Crippen LogP) is 1.32. The third-order valence-electron chi connectivity index (χ3n) is 8.95. The van der Waals surface area contributed by atoms with E-state index in [-0.39, 0.29) is 35.9 Å². The van der Waals surface area contributed by atoms with E-state index in [0.717, 1.165) is 24.7 Å². The number of hydroxylamine groups is 1. The molecule has 4 aliphatic rings. The molecule has 9 heteroatoms. The van der Waals surface area contributed by atoms with Crippen molar-refractivity contribution in [2.24, 2.45) is 40.4 Å². The highest BCUT2D eigenvalue weighted by atomic mass is 32.2. The van der Waals surface area contributed by atoms with Crippen molar-refractivity contribution in [1.82, 2.24) is 4.47 Å². The summed E-state index contributed by atoms with van der Waals surface area (Å²) in [5, 5.41) is 31.2. The molecule has 0 heterocycles. The van der Waals surface area contributed by atoms with Gasteiger partial charge in [-0.15, -0.1) is 0 Å². The minimum Gasteiger partial charge on any atom is -0.393 e. The van der Waals surface area contributed by atoms with Gasteiger partial charge in [-0.1, -0.05) is 30.0 Å². The summed E-state index contributed by atoms with van der Waals surface area (Å²) in [6.45, 7) is 3.15. The van der Waals surface area contributed by atoms with E-state index in [0.29, 0.717) is 17.3 Å². The third-order valence-corrected chi connectivity index (χ3v) is 9.86. The van der Waals surface area contributed by atoms with E-state index in [1.165, 1.54) is 0 Å². The summed E-state index contributed by atoms with van der Waals surface area (Å²) >= 11 is 0.